The molecule has 4 aromatic carbocycles. The van der Waals surface area contributed by atoms with Gasteiger partial charge in [-0.25, -0.2) is 14.4 Å². The molecule has 16 nitrogen and oxygen atoms in total. The van der Waals surface area contributed by atoms with Crippen LogP contribution in [0.1, 0.15) is 128 Å². The molecule has 0 radical (unpaired) electrons. The highest BCUT2D eigenvalue weighted by Crippen LogP contribution is 2.31. The van der Waals surface area contributed by atoms with E-state index in [2.05, 4.69) is 15.6 Å². The van der Waals surface area contributed by atoms with Crippen molar-refractivity contribution in [2.24, 2.45) is 17.6 Å². The Hall–Kier alpha value is -7.07. The number of aromatic nitrogens is 4. The summed E-state index contributed by atoms with van der Waals surface area (Å²) in [5.41, 5.74) is 10.3. The first-order valence-electron chi connectivity index (χ1n) is 23.5. The topological polar surface area (TPSA) is 201 Å². The SMILES string of the molecule is Cc1ccc(C(=O)N(CCCN)C(c2noc(=O)n2Cc2ccccc2)C(C)C)cc1.Cc1ccc(C(=O)N(CCCNC(=O)OC(C)(C)C)C(c2noc(=O)n2Cc2ccccc2)C(C)C)cc1. The van der Waals surface area contributed by atoms with Gasteiger partial charge >= 0.3 is 17.6 Å². The highest BCUT2D eigenvalue weighted by atomic mass is 16.6. The third kappa shape index (κ3) is 15.0. The van der Waals surface area contributed by atoms with Crippen molar-refractivity contribution in [3.05, 3.63) is 175 Å². The monoisotopic (exact) mass is 945 g/mol. The maximum Gasteiger partial charge on any atom is 0.441 e. The molecule has 368 valence electrons. The number of nitrogens with one attached hydrogen (secondary N) is 1. The van der Waals surface area contributed by atoms with E-state index in [-0.39, 0.29) is 30.2 Å². The quantitative estimate of drug-likeness (QED) is 0.0740. The molecule has 0 fully saturated rings. The summed E-state index contributed by atoms with van der Waals surface area (Å²) in [6, 6.07) is 33.1. The van der Waals surface area contributed by atoms with E-state index < -0.39 is 35.3 Å². The van der Waals surface area contributed by atoms with E-state index in [9.17, 15) is 24.0 Å². The standard InChI is InChI=1S/C29H38N4O5.C24H30N4O3/c1-20(2)24(25-31-38-28(36)33(25)19-22-11-8-7-9-12-22)32(26(34)23-15-13-21(3)14-16-23)18-10-17-30-27(35)37-29(4,5)6;1-17(2)21(22-26-31-24(30)28(22)16-19-8-5-4-6-9-19)27(15-7-14-25)23(29)20-12-10-18(3)11-13-20/h7-9,11-16,20,24H,10,17-19H2,1-6H3,(H,30,35);4-6,8-13,17,21H,7,14-16,25H2,1-3H3. The number of nitrogens with two attached hydrogens (primary N) is 1. The van der Waals surface area contributed by atoms with Crippen molar-refractivity contribution in [3.63, 3.8) is 0 Å². The van der Waals surface area contributed by atoms with Gasteiger partial charge in [-0.1, -0.05) is 134 Å². The summed E-state index contributed by atoms with van der Waals surface area (Å²) < 4.78 is 18.5. The minimum Gasteiger partial charge on any atom is -0.444 e. The van der Waals surface area contributed by atoms with E-state index in [4.69, 9.17) is 19.5 Å². The number of benzene rings is 4. The number of aryl methyl sites for hydroxylation is 2. The van der Waals surface area contributed by atoms with E-state index >= 15 is 0 Å². The molecule has 3 amide bonds. The van der Waals surface area contributed by atoms with E-state index in [1.165, 1.54) is 9.13 Å². The fourth-order valence-electron chi connectivity index (χ4n) is 7.87. The molecular formula is C53H68N8O8. The molecule has 0 aliphatic heterocycles. The van der Waals surface area contributed by atoms with Crippen LogP contribution in [0.15, 0.2) is 128 Å². The number of nitrogens with zero attached hydrogens (tertiary/aromatic N) is 6. The number of amides is 3. The molecule has 16 heteroatoms. The van der Waals surface area contributed by atoms with Gasteiger partial charge in [0, 0.05) is 30.8 Å². The molecule has 2 heterocycles. The van der Waals surface area contributed by atoms with Crippen LogP contribution in [-0.2, 0) is 17.8 Å². The van der Waals surface area contributed by atoms with Crippen molar-refractivity contribution >= 4 is 17.9 Å². The molecule has 69 heavy (non-hydrogen) atoms. The van der Waals surface area contributed by atoms with E-state index in [1.807, 2.05) is 139 Å². The van der Waals surface area contributed by atoms with Gasteiger partial charge in [0.1, 0.15) is 5.60 Å². The number of hydrogen-bond donors (Lipinski definition) is 2. The van der Waals surface area contributed by atoms with Crippen LogP contribution in [-0.4, -0.2) is 78.9 Å². The van der Waals surface area contributed by atoms with Crippen LogP contribution in [0.4, 0.5) is 4.79 Å². The van der Waals surface area contributed by atoms with Gasteiger partial charge in [-0.3, -0.25) is 27.8 Å². The Morgan fingerprint density at radius 1 is 0.638 bits per heavy atom. The second-order valence-corrected chi connectivity index (χ2v) is 18.8. The lowest BCUT2D eigenvalue weighted by atomic mass is 9.99. The number of ether oxygens (including phenoxy) is 1. The summed E-state index contributed by atoms with van der Waals surface area (Å²) in [5, 5.41) is 11.0. The number of alkyl carbamates (subject to hydrolysis) is 1. The average Bonchev–Trinajstić information content (AvgIpc) is 3.85. The van der Waals surface area contributed by atoms with Crippen LogP contribution in [0.25, 0.3) is 0 Å². The first kappa shape index (κ1) is 52.9. The molecule has 6 rings (SSSR count). The largest absolute Gasteiger partial charge is 0.444 e. The van der Waals surface area contributed by atoms with Crippen LogP contribution < -0.4 is 22.6 Å². The predicted molar refractivity (Wildman–Crippen MR) is 265 cm³/mol. The van der Waals surface area contributed by atoms with Crippen molar-refractivity contribution in [3.8, 4) is 0 Å². The second kappa shape index (κ2) is 24.8. The number of hydrogen-bond acceptors (Lipinski definition) is 11. The fraction of sp³-hybridized carbons (Fsp3) is 0.415. The van der Waals surface area contributed by atoms with Crippen LogP contribution in [0.5, 0.6) is 0 Å². The van der Waals surface area contributed by atoms with Gasteiger partial charge in [0.15, 0.2) is 11.6 Å². The summed E-state index contributed by atoms with van der Waals surface area (Å²) in [4.78, 5) is 68.1. The van der Waals surface area contributed by atoms with E-state index in [0.29, 0.717) is 68.3 Å². The lowest BCUT2D eigenvalue weighted by Gasteiger charge is -2.34. The molecule has 2 aromatic heterocycles. The van der Waals surface area contributed by atoms with Gasteiger partial charge in [-0.2, -0.15) is 0 Å². The van der Waals surface area contributed by atoms with Gasteiger partial charge < -0.3 is 25.6 Å². The lowest BCUT2D eigenvalue weighted by molar-refractivity contribution is 0.0518. The predicted octanol–water partition coefficient (Wildman–Crippen LogP) is 8.33. The zero-order valence-electron chi connectivity index (χ0n) is 41.4. The zero-order chi connectivity index (χ0) is 50.3. The second-order valence-electron chi connectivity index (χ2n) is 18.8. The Labute approximate surface area is 404 Å². The van der Waals surface area contributed by atoms with Crippen LogP contribution in [0, 0.1) is 25.7 Å². The third-order valence-corrected chi connectivity index (χ3v) is 11.2. The third-order valence-electron chi connectivity index (χ3n) is 11.2. The van der Waals surface area contributed by atoms with Gasteiger partial charge in [-0.15, -0.1) is 0 Å². The highest BCUT2D eigenvalue weighted by Gasteiger charge is 2.35. The summed E-state index contributed by atoms with van der Waals surface area (Å²) in [6.45, 7) is 19.5. The molecule has 0 bridgehead atoms. The maximum absolute atomic E-state index is 13.8. The number of rotatable bonds is 19. The lowest BCUT2D eigenvalue weighted by Crippen LogP contribution is -2.41. The molecule has 0 aliphatic carbocycles. The van der Waals surface area contributed by atoms with Gasteiger partial charge in [-0.05, 0) is 101 Å². The minimum atomic E-state index is -0.602. The number of carbonyl (C=O) groups excluding carboxylic acids is 3. The van der Waals surface area contributed by atoms with Crippen molar-refractivity contribution in [1.82, 2.24) is 34.6 Å². The summed E-state index contributed by atoms with van der Waals surface area (Å²) >= 11 is 0. The zero-order valence-corrected chi connectivity index (χ0v) is 41.4. The first-order valence-corrected chi connectivity index (χ1v) is 23.5. The Kier molecular flexibility index (Phi) is 19.0. The van der Waals surface area contributed by atoms with Gasteiger partial charge in [0.25, 0.3) is 11.8 Å². The van der Waals surface area contributed by atoms with Crippen molar-refractivity contribution in [1.29, 1.82) is 0 Å². The highest BCUT2D eigenvalue weighted by molar-refractivity contribution is 5.95. The molecule has 0 saturated heterocycles. The Morgan fingerprint density at radius 3 is 1.39 bits per heavy atom. The summed E-state index contributed by atoms with van der Waals surface area (Å²) in [5.74, 6) is -0.685. The van der Waals surface area contributed by atoms with Crippen molar-refractivity contribution in [2.75, 3.05) is 26.2 Å². The molecule has 0 saturated carbocycles. The van der Waals surface area contributed by atoms with Crippen LogP contribution in [0.3, 0.4) is 0 Å². The molecule has 0 aliphatic rings. The van der Waals surface area contributed by atoms with Crippen molar-refractivity contribution < 1.29 is 28.2 Å². The summed E-state index contributed by atoms with van der Waals surface area (Å²) in [6.07, 6.45) is 0.602. The minimum absolute atomic E-state index is 0.00121. The molecule has 3 N–H and O–H groups in total. The molecular weight excluding hydrogens is 877 g/mol. The summed E-state index contributed by atoms with van der Waals surface area (Å²) in [7, 11) is 0. The normalized spacial score (nSPS) is 12.2. The van der Waals surface area contributed by atoms with E-state index in [0.717, 1.165) is 22.3 Å². The fourth-order valence-corrected chi connectivity index (χ4v) is 7.87. The van der Waals surface area contributed by atoms with Gasteiger partial charge in [0.05, 0.1) is 25.2 Å². The average molecular weight is 945 g/mol. The van der Waals surface area contributed by atoms with Crippen LogP contribution in [0.2, 0.25) is 0 Å². The molecule has 0 spiro atoms. The van der Waals surface area contributed by atoms with Crippen molar-refractivity contribution in [2.45, 2.75) is 106 Å². The Balaban J connectivity index is 0.000000263. The Morgan fingerprint density at radius 2 is 1.03 bits per heavy atom. The number of carbonyl (C=O) groups is 3. The maximum atomic E-state index is 13.8. The molecule has 6 aromatic rings. The Bertz CT molecular complexity index is 2660. The molecule has 2 unspecified atom stereocenters. The van der Waals surface area contributed by atoms with Gasteiger partial charge in [0.2, 0.25) is 0 Å². The first-order chi connectivity index (χ1) is 32.9. The van der Waals surface area contributed by atoms with E-state index in [1.54, 1.807) is 42.7 Å². The smallest absolute Gasteiger partial charge is 0.441 e. The molecule has 2 atom stereocenters. The van der Waals surface area contributed by atoms with Crippen LogP contribution >= 0.6 is 0 Å².